The second-order valence-electron chi connectivity index (χ2n) is 5.43. The van der Waals surface area contributed by atoms with Crippen LogP contribution in [0.25, 0.3) is 0 Å². The number of hydrogen-bond donors (Lipinski definition) is 2. The number of halogens is 2. The Balaban J connectivity index is 2.58. The molecular formula is C14H21BrClNO. The van der Waals surface area contributed by atoms with Crippen LogP contribution in [0.15, 0.2) is 22.7 Å². The molecule has 0 fully saturated rings. The Morgan fingerprint density at radius 1 is 1.44 bits per heavy atom. The summed E-state index contributed by atoms with van der Waals surface area (Å²) in [6, 6.07) is 5.75. The number of benzene rings is 1. The smallest absolute Gasteiger partial charge is 0.0784 e. The van der Waals surface area contributed by atoms with E-state index in [-0.39, 0.29) is 0 Å². The zero-order valence-corrected chi connectivity index (χ0v) is 13.5. The minimum Gasteiger partial charge on any atom is -0.389 e. The molecule has 0 radical (unpaired) electrons. The molecule has 2 nitrogen and oxygen atoms in total. The Morgan fingerprint density at radius 3 is 2.67 bits per heavy atom. The number of hydrogen-bond acceptors (Lipinski definition) is 2. The van der Waals surface area contributed by atoms with Gasteiger partial charge in [0.2, 0.25) is 0 Å². The van der Waals surface area contributed by atoms with Crippen LogP contribution in [-0.4, -0.2) is 23.8 Å². The summed E-state index contributed by atoms with van der Waals surface area (Å²) < 4.78 is 0.953. The molecule has 0 heterocycles. The predicted octanol–water partition coefficient (Wildman–Crippen LogP) is 3.64. The maximum absolute atomic E-state index is 10.3. The van der Waals surface area contributed by atoms with E-state index in [4.69, 9.17) is 11.6 Å². The molecule has 18 heavy (non-hydrogen) atoms. The maximum Gasteiger partial charge on any atom is 0.0784 e. The van der Waals surface area contributed by atoms with Crippen molar-refractivity contribution in [1.29, 1.82) is 0 Å². The molecule has 1 aromatic carbocycles. The van der Waals surface area contributed by atoms with E-state index in [2.05, 4.69) is 35.1 Å². The first-order valence-electron chi connectivity index (χ1n) is 6.17. The van der Waals surface area contributed by atoms with Crippen LogP contribution < -0.4 is 5.32 Å². The third-order valence-corrected chi connectivity index (χ3v) is 3.49. The second kappa shape index (κ2) is 6.90. The van der Waals surface area contributed by atoms with Crippen molar-refractivity contribution in [3.63, 3.8) is 0 Å². The van der Waals surface area contributed by atoms with Gasteiger partial charge >= 0.3 is 0 Å². The van der Waals surface area contributed by atoms with Crippen molar-refractivity contribution >= 4 is 27.5 Å². The van der Waals surface area contributed by atoms with Gasteiger partial charge in [-0.25, -0.2) is 0 Å². The fraction of sp³-hybridized carbons (Fsp3) is 0.571. The van der Waals surface area contributed by atoms with Crippen molar-refractivity contribution in [2.45, 2.75) is 32.8 Å². The van der Waals surface area contributed by atoms with E-state index in [9.17, 15) is 5.11 Å². The standard InChI is InChI=1S/C14H21BrClNO/c1-10(2)8-17-9-14(3,18)7-11-4-5-12(15)6-13(11)16/h4-6,10,17-18H,7-9H2,1-3H3. The second-order valence-corrected chi connectivity index (χ2v) is 6.76. The van der Waals surface area contributed by atoms with Gasteiger partial charge in [-0.05, 0) is 37.1 Å². The maximum atomic E-state index is 10.3. The quantitative estimate of drug-likeness (QED) is 0.832. The summed E-state index contributed by atoms with van der Waals surface area (Å²) >= 11 is 9.53. The summed E-state index contributed by atoms with van der Waals surface area (Å²) in [4.78, 5) is 0. The van der Waals surface area contributed by atoms with Gasteiger partial charge in [0.15, 0.2) is 0 Å². The van der Waals surface area contributed by atoms with Crippen molar-refractivity contribution in [3.8, 4) is 0 Å². The van der Waals surface area contributed by atoms with Gasteiger partial charge in [0.05, 0.1) is 5.60 Å². The van der Waals surface area contributed by atoms with Crippen LogP contribution in [0.2, 0.25) is 5.02 Å². The first-order chi connectivity index (χ1) is 8.30. The normalized spacial score (nSPS) is 14.8. The van der Waals surface area contributed by atoms with Gasteiger partial charge in [-0.3, -0.25) is 0 Å². The first-order valence-corrected chi connectivity index (χ1v) is 7.34. The molecule has 102 valence electrons. The lowest BCUT2D eigenvalue weighted by Gasteiger charge is -2.25. The van der Waals surface area contributed by atoms with Crippen molar-refractivity contribution in [2.75, 3.05) is 13.1 Å². The zero-order valence-electron chi connectivity index (χ0n) is 11.1. The summed E-state index contributed by atoms with van der Waals surface area (Å²) in [5, 5.41) is 14.3. The molecule has 0 aliphatic heterocycles. The van der Waals surface area contributed by atoms with E-state index in [1.165, 1.54) is 0 Å². The van der Waals surface area contributed by atoms with Crippen molar-refractivity contribution in [3.05, 3.63) is 33.3 Å². The van der Waals surface area contributed by atoms with Crippen molar-refractivity contribution < 1.29 is 5.11 Å². The highest BCUT2D eigenvalue weighted by atomic mass is 79.9. The van der Waals surface area contributed by atoms with Crippen LogP contribution >= 0.6 is 27.5 Å². The van der Waals surface area contributed by atoms with Gasteiger partial charge in [0.1, 0.15) is 0 Å². The zero-order chi connectivity index (χ0) is 13.8. The predicted molar refractivity (Wildman–Crippen MR) is 81.2 cm³/mol. The molecule has 0 aliphatic rings. The van der Waals surface area contributed by atoms with Crippen molar-refractivity contribution in [2.24, 2.45) is 5.92 Å². The van der Waals surface area contributed by atoms with E-state index in [1.54, 1.807) is 0 Å². The summed E-state index contributed by atoms with van der Waals surface area (Å²) in [7, 11) is 0. The molecule has 0 saturated heterocycles. The minimum absolute atomic E-state index is 0.546. The van der Waals surface area contributed by atoms with Gasteiger partial charge in [0.25, 0.3) is 0 Å². The Bertz CT molecular complexity index is 393. The lowest BCUT2D eigenvalue weighted by Crippen LogP contribution is -2.40. The SMILES string of the molecule is CC(C)CNCC(C)(O)Cc1ccc(Br)cc1Cl. The molecule has 0 spiro atoms. The molecule has 1 atom stereocenters. The molecule has 0 saturated carbocycles. The summed E-state index contributed by atoms with van der Waals surface area (Å²) in [5.41, 5.74) is 0.183. The Labute approximate surface area is 123 Å². The lowest BCUT2D eigenvalue weighted by atomic mass is 9.96. The molecule has 0 aromatic heterocycles. The van der Waals surface area contributed by atoms with Gasteiger partial charge in [-0.1, -0.05) is 47.4 Å². The van der Waals surface area contributed by atoms with E-state index < -0.39 is 5.60 Å². The molecule has 1 aromatic rings. The van der Waals surface area contributed by atoms with Gasteiger partial charge < -0.3 is 10.4 Å². The Kier molecular flexibility index (Phi) is 6.12. The molecule has 1 rings (SSSR count). The number of nitrogens with one attached hydrogen (secondary N) is 1. The molecule has 0 bridgehead atoms. The van der Waals surface area contributed by atoms with Crippen molar-refractivity contribution in [1.82, 2.24) is 5.32 Å². The van der Waals surface area contributed by atoms with Gasteiger partial charge in [-0.2, -0.15) is 0 Å². The highest BCUT2D eigenvalue weighted by molar-refractivity contribution is 9.10. The number of aliphatic hydroxyl groups is 1. The van der Waals surface area contributed by atoms with E-state index in [1.807, 2.05) is 25.1 Å². The minimum atomic E-state index is -0.785. The number of rotatable bonds is 6. The largest absolute Gasteiger partial charge is 0.389 e. The van der Waals surface area contributed by atoms with E-state index >= 15 is 0 Å². The highest BCUT2D eigenvalue weighted by Gasteiger charge is 2.21. The molecular weight excluding hydrogens is 314 g/mol. The summed E-state index contributed by atoms with van der Waals surface area (Å²) in [6.07, 6.45) is 0.546. The lowest BCUT2D eigenvalue weighted by molar-refractivity contribution is 0.0596. The summed E-state index contributed by atoms with van der Waals surface area (Å²) in [5.74, 6) is 0.581. The van der Waals surface area contributed by atoms with E-state index in [0.717, 1.165) is 16.6 Å². The summed E-state index contributed by atoms with van der Waals surface area (Å²) in [6.45, 7) is 7.60. The average Bonchev–Trinajstić information content (AvgIpc) is 2.21. The van der Waals surface area contributed by atoms with Crippen LogP contribution in [0, 0.1) is 5.92 Å². The topological polar surface area (TPSA) is 32.3 Å². The first kappa shape index (κ1) is 16.0. The molecule has 0 amide bonds. The van der Waals surface area contributed by atoms with Crippen LogP contribution in [-0.2, 0) is 6.42 Å². The van der Waals surface area contributed by atoms with Gasteiger partial charge in [0, 0.05) is 22.5 Å². The van der Waals surface area contributed by atoms with Crippen LogP contribution in [0.4, 0.5) is 0 Å². The monoisotopic (exact) mass is 333 g/mol. The fourth-order valence-corrected chi connectivity index (χ4v) is 2.51. The third-order valence-electron chi connectivity index (χ3n) is 2.64. The van der Waals surface area contributed by atoms with Crippen LogP contribution in [0.1, 0.15) is 26.3 Å². The molecule has 1 unspecified atom stereocenters. The van der Waals surface area contributed by atoms with Crippen LogP contribution in [0.3, 0.4) is 0 Å². The Hall–Kier alpha value is -0.0900. The van der Waals surface area contributed by atoms with Gasteiger partial charge in [-0.15, -0.1) is 0 Å². The van der Waals surface area contributed by atoms with Crippen LogP contribution in [0.5, 0.6) is 0 Å². The molecule has 2 N–H and O–H groups in total. The highest BCUT2D eigenvalue weighted by Crippen LogP contribution is 2.24. The average molecular weight is 335 g/mol. The molecule has 4 heteroatoms. The fourth-order valence-electron chi connectivity index (χ4n) is 1.77. The third kappa shape index (κ3) is 5.70. The Morgan fingerprint density at radius 2 is 2.11 bits per heavy atom. The van der Waals surface area contributed by atoms with E-state index in [0.29, 0.717) is 23.9 Å². The molecule has 0 aliphatic carbocycles.